The summed E-state index contributed by atoms with van der Waals surface area (Å²) in [5, 5.41) is 23.6. The zero-order valence-electron chi connectivity index (χ0n) is 31.0. The van der Waals surface area contributed by atoms with Crippen LogP contribution in [0.1, 0.15) is 107 Å². The Kier molecular flexibility index (Phi) is 7.88. The minimum atomic E-state index is -1.27. The largest absolute Gasteiger partial charge is 0.457 e. The van der Waals surface area contributed by atoms with Gasteiger partial charge in [0.15, 0.2) is 12.4 Å². The molecule has 2 bridgehead atoms. The van der Waals surface area contributed by atoms with Crippen LogP contribution in [0.25, 0.3) is 0 Å². The molecule has 0 aromatic rings. The van der Waals surface area contributed by atoms with Crippen molar-refractivity contribution in [2.75, 3.05) is 26.3 Å². The van der Waals surface area contributed by atoms with Gasteiger partial charge in [-0.05, 0) is 111 Å². The molecule has 8 fully saturated rings. The molecule has 3 saturated heterocycles. The third kappa shape index (κ3) is 4.65. The molecule has 3 heterocycles. The number of hydrogen-bond acceptors (Lipinski definition) is 9. The van der Waals surface area contributed by atoms with Gasteiger partial charge in [-0.1, -0.05) is 34.6 Å². The van der Waals surface area contributed by atoms with Crippen LogP contribution in [-0.2, 0) is 33.3 Å². The number of carbonyl (C=O) groups is 2. The van der Waals surface area contributed by atoms with Crippen LogP contribution < -0.4 is 0 Å². The average Bonchev–Trinajstić information content (AvgIpc) is 3.69. The highest BCUT2D eigenvalue weighted by molar-refractivity contribution is 5.78. The highest BCUT2D eigenvalue weighted by atomic mass is 16.7. The van der Waals surface area contributed by atoms with Gasteiger partial charge in [0.25, 0.3) is 0 Å². The number of fused-ring (bicyclic) bond motifs is 6. The number of ether oxygens (including phenoxy) is 5. The van der Waals surface area contributed by atoms with Crippen LogP contribution in [0.5, 0.6) is 0 Å². The molecule has 0 aromatic heterocycles. The third-order valence-corrected chi connectivity index (χ3v) is 16.5. The van der Waals surface area contributed by atoms with Crippen LogP contribution in [0.4, 0.5) is 0 Å². The number of carbonyl (C=O) groups excluding carboxylic acids is 2. The van der Waals surface area contributed by atoms with Crippen molar-refractivity contribution in [2.24, 2.45) is 50.7 Å². The number of hydrogen-bond donors (Lipinski definition) is 2. The molecule has 2 spiro atoms. The summed E-state index contributed by atoms with van der Waals surface area (Å²) in [5.41, 5.74) is -1.25. The molecule has 5 saturated carbocycles. The molecule has 0 aromatic carbocycles. The molecule has 8 aliphatic rings. The van der Waals surface area contributed by atoms with E-state index in [0.717, 1.165) is 32.1 Å². The summed E-state index contributed by atoms with van der Waals surface area (Å²) in [6, 6.07) is 0. The number of nitrogens with zero attached hydrogens (tertiary/aromatic N) is 1. The second-order valence-corrected chi connectivity index (χ2v) is 19.3. The van der Waals surface area contributed by atoms with E-state index >= 15 is 0 Å². The van der Waals surface area contributed by atoms with Crippen molar-refractivity contribution in [3.63, 3.8) is 0 Å². The molecule has 10 nitrogen and oxygen atoms in total. The SMILES string of the molecule is CC(=O)O[C@@H]([C@H]1C[C@@H](C)[C@H]2[C@H](O1)[C@H](O)[C@@]1(C)[C@@H]3CC[C@H]4C(C)(C)[C@@H](O[C@@H]5OCCN6C[C@H]5OCC6=O)CC[C@@]45C[C@@]35CC[C@]21C)C(C)(C)O. The van der Waals surface area contributed by atoms with Gasteiger partial charge in [0.1, 0.15) is 12.7 Å². The van der Waals surface area contributed by atoms with E-state index in [2.05, 4.69) is 34.6 Å². The Hall–Kier alpha value is -1.30. The lowest BCUT2D eigenvalue weighted by molar-refractivity contribution is -0.260. The molecule has 15 atom stereocenters. The zero-order chi connectivity index (χ0) is 35.1. The van der Waals surface area contributed by atoms with E-state index in [0.29, 0.717) is 38.0 Å². The van der Waals surface area contributed by atoms with Gasteiger partial charge in [-0.2, -0.15) is 0 Å². The molecule has 0 radical (unpaired) electrons. The quantitative estimate of drug-likeness (QED) is 0.403. The fraction of sp³-hybridized carbons (Fsp3) is 0.949. The fourth-order valence-corrected chi connectivity index (χ4v) is 14.3. The van der Waals surface area contributed by atoms with E-state index in [1.54, 1.807) is 13.8 Å². The smallest absolute Gasteiger partial charge is 0.303 e. The Morgan fingerprint density at radius 1 is 1.04 bits per heavy atom. The highest BCUT2D eigenvalue weighted by Crippen LogP contribution is 2.89. The molecule has 3 aliphatic heterocycles. The first-order valence-corrected chi connectivity index (χ1v) is 19.3. The van der Waals surface area contributed by atoms with Crippen LogP contribution in [0.15, 0.2) is 0 Å². The van der Waals surface area contributed by atoms with Crippen molar-refractivity contribution >= 4 is 11.9 Å². The van der Waals surface area contributed by atoms with Gasteiger partial charge < -0.3 is 38.8 Å². The number of rotatable bonds is 5. The molecule has 2 N–H and O–H groups in total. The maximum atomic E-state index is 12.6. The number of esters is 1. The van der Waals surface area contributed by atoms with Crippen LogP contribution in [0.3, 0.4) is 0 Å². The Bertz CT molecular complexity index is 1360. The van der Waals surface area contributed by atoms with Gasteiger partial charge in [-0.25, -0.2) is 0 Å². The summed E-state index contributed by atoms with van der Waals surface area (Å²) in [4.78, 5) is 26.2. The van der Waals surface area contributed by atoms with E-state index in [1.165, 1.54) is 19.8 Å². The topological polar surface area (TPSA) is 124 Å². The third-order valence-electron chi connectivity index (χ3n) is 16.5. The van der Waals surface area contributed by atoms with Crippen LogP contribution in [-0.4, -0.2) is 102 Å². The van der Waals surface area contributed by atoms with E-state index in [9.17, 15) is 19.8 Å². The lowest BCUT2D eigenvalue weighted by atomic mass is 9.41. The summed E-state index contributed by atoms with van der Waals surface area (Å²) >= 11 is 0. The lowest BCUT2D eigenvalue weighted by Gasteiger charge is -2.64. The van der Waals surface area contributed by atoms with E-state index in [4.69, 9.17) is 23.7 Å². The summed E-state index contributed by atoms with van der Waals surface area (Å²) < 4.78 is 31.5. The van der Waals surface area contributed by atoms with Crippen molar-refractivity contribution in [1.29, 1.82) is 0 Å². The van der Waals surface area contributed by atoms with Crippen molar-refractivity contribution in [1.82, 2.24) is 4.90 Å². The van der Waals surface area contributed by atoms with Gasteiger partial charge in [-0.15, -0.1) is 0 Å². The molecule has 1 amide bonds. The Morgan fingerprint density at radius 2 is 1.76 bits per heavy atom. The monoisotopic (exact) mass is 687 g/mol. The van der Waals surface area contributed by atoms with Crippen molar-refractivity contribution in [3.8, 4) is 0 Å². The average molecular weight is 688 g/mol. The van der Waals surface area contributed by atoms with Crippen molar-refractivity contribution < 1.29 is 43.5 Å². The number of aliphatic hydroxyl groups is 2. The minimum absolute atomic E-state index is 0.0290. The Labute approximate surface area is 292 Å². The Morgan fingerprint density at radius 3 is 2.47 bits per heavy atom. The molecule has 5 aliphatic carbocycles. The van der Waals surface area contributed by atoms with Crippen LogP contribution in [0.2, 0.25) is 0 Å². The second-order valence-electron chi connectivity index (χ2n) is 19.3. The molecule has 276 valence electrons. The first kappa shape index (κ1) is 34.8. The molecule has 0 unspecified atom stereocenters. The second kappa shape index (κ2) is 11.1. The first-order chi connectivity index (χ1) is 22.9. The number of amides is 1. The summed E-state index contributed by atoms with van der Waals surface area (Å²) in [7, 11) is 0. The number of morpholine rings is 1. The van der Waals surface area contributed by atoms with E-state index in [-0.39, 0.29) is 69.7 Å². The molecule has 49 heavy (non-hydrogen) atoms. The van der Waals surface area contributed by atoms with Crippen molar-refractivity contribution in [3.05, 3.63) is 0 Å². The maximum Gasteiger partial charge on any atom is 0.303 e. The molecule has 8 rings (SSSR count). The van der Waals surface area contributed by atoms with Gasteiger partial charge in [0.05, 0.1) is 43.2 Å². The highest BCUT2D eigenvalue weighted by Gasteiger charge is 2.84. The Balaban J connectivity index is 1.04. The molecule has 10 heteroatoms. The van der Waals surface area contributed by atoms with Crippen LogP contribution in [0, 0.1) is 50.7 Å². The first-order valence-electron chi connectivity index (χ1n) is 19.3. The van der Waals surface area contributed by atoms with Gasteiger partial charge in [0.2, 0.25) is 5.91 Å². The van der Waals surface area contributed by atoms with Gasteiger partial charge in [-0.3, -0.25) is 9.59 Å². The molecular weight excluding hydrogens is 626 g/mol. The predicted molar refractivity (Wildman–Crippen MR) is 179 cm³/mol. The van der Waals surface area contributed by atoms with Crippen LogP contribution >= 0.6 is 0 Å². The summed E-state index contributed by atoms with van der Waals surface area (Å²) in [6.07, 6.45) is 5.56. The maximum absolute atomic E-state index is 12.6. The zero-order valence-corrected chi connectivity index (χ0v) is 31.0. The summed E-state index contributed by atoms with van der Waals surface area (Å²) in [6.45, 7) is 18.3. The lowest BCUT2D eigenvalue weighted by Crippen LogP contribution is -2.60. The minimum Gasteiger partial charge on any atom is -0.457 e. The van der Waals surface area contributed by atoms with E-state index < -0.39 is 36.2 Å². The fourth-order valence-electron chi connectivity index (χ4n) is 14.3. The van der Waals surface area contributed by atoms with Crippen molar-refractivity contribution in [2.45, 2.75) is 155 Å². The number of aliphatic hydroxyl groups excluding tert-OH is 1. The predicted octanol–water partition coefficient (Wildman–Crippen LogP) is 4.47. The van der Waals surface area contributed by atoms with Gasteiger partial charge in [0, 0.05) is 18.9 Å². The van der Waals surface area contributed by atoms with Gasteiger partial charge >= 0.3 is 5.97 Å². The molecular formula is C39H61NO9. The summed E-state index contributed by atoms with van der Waals surface area (Å²) in [5.74, 6) is 0.970. The standard InChI is InChI=1S/C39H61NO9/c1-21-17-23(32(35(5,6)44)47-22(2)41)48-30-29(21)36(7)13-14-39-20-38(39)12-11-27(49-33-24-18-40(15-16-45-33)28(42)19-46-24)34(3,4)25(38)9-10-26(39)37(36,8)31(30)43/h21,23-27,29-33,43-44H,9-20H2,1-8H3/t21-,23-,24-,25+,26+,27+,29+,30+,31+,32+,33+,36-,37-,38-,39+/m1/s1. The van der Waals surface area contributed by atoms with E-state index in [1.807, 2.05) is 4.90 Å². The normalized spacial score (nSPS) is 52.0.